The number of carbonyl (C=O) groups excluding carboxylic acids is 3. The van der Waals surface area contributed by atoms with E-state index in [2.05, 4.69) is 20.3 Å². The molecule has 34 heavy (non-hydrogen) atoms. The molecular formula is C25H23N5O4. The van der Waals surface area contributed by atoms with Gasteiger partial charge in [0.2, 0.25) is 11.8 Å². The van der Waals surface area contributed by atoms with Gasteiger partial charge in [0.1, 0.15) is 12.1 Å². The van der Waals surface area contributed by atoms with Crippen LogP contribution >= 0.6 is 0 Å². The van der Waals surface area contributed by atoms with Gasteiger partial charge in [-0.05, 0) is 18.6 Å². The molecule has 172 valence electrons. The highest BCUT2D eigenvalue weighted by Crippen LogP contribution is 2.42. The summed E-state index contributed by atoms with van der Waals surface area (Å²) in [6.45, 7) is 4.00. The minimum absolute atomic E-state index is 0.166. The summed E-state index contributed by atoms with van der Waals surface area (Å²) < 4.78 is 0. The Morgan fingerprint density at radius 2 is 1.94 bits per heavy atom. The molecule has 0 spiro atoms. The second-order valence-corrected chi connectivity index (χ2v) is 7.97. The van der Waals surface area contributed by atoms with E-state index in [0.29, 0.717) is 33.3 Å². The van der Waals surface area contributed by atoms with E-state index in [9.17, 15) is 19.5 Å². The molecule has 1 saturated heterocycles. The Morgan fingerprint density at radius 3 is 2.74 bits per heavy atom. The quantitative estimate of drug-likeness (QED) is 0.406. The summed E-state index contributed by atoms with van der Waals surface area (Å²) in [6, 6.07) is 6.29. The monoisotopic (exact) mass is 457 g/mol. The number of hydrogen-bond acceptors (Lipinski definition) is 6. The summed E-state index contributed by atoms with van der Waals surface area (Å²) in [5.41, 5.74) is 2.82. The Balaban J connectivity index is 0.00000117. The maximum atomic E-state index is 13.2. The van der Waals surface area contributed by atoms with Crippen molar-refractivity contribution in [2.75, 3.05) is 4.90 Å². The topological polar surface area (TPSA) is 128 Å². The zero-order valence-corrected chi connectivity index (χ0v) is 18.7. The number of nitrogens with zero attached hydrogens (tertiary/aromatic N) is 3. The van der Waals surface area contributed by atoms with Crippen molar-refractivity contribution in [3.05, 3.63) is 65.9 Å². The number of carbonyl (C=O) groups is 3. The van der Waals surface area contributed by atoms with Crippen LogP contribution in [0.3, 0.4) is 0 Å². The van der Waals surface area contributed by atoms with E-state index in [4.69, 9.17) is 0 Å². The zero-order chi connectivity index (χ0) is 24.0. The Labute approximate surface area is 194 Å². The number of hydrogen-bond donors (Lipinski definition) is 3. The fourth-order valence-corrected chi connectivity index (χ4v) is 4.73. The van der Waals surface area contributed by atoms with Gasteiger partial charge in [-0.2, -0.15) is 0 Å². The van der Waals surface area contributed by atoms with Crippen molar-refractivity contribution in [3.8, 4) is 0 Å². The second kappa shape index (κ2) is 8.35. The van der Waals surface area contributed by atoms with Crippen LogP contribution in [0.2, 0.25) is 0 Å². The molecule has 3 N–H and O–H groups in total. The smallest absolute Gasteiger partial charge is 0.259 e. The van der Waals surface area contributed by atoms with Crippen molar-refractivity contribution in [2.24, 2.45) is 0 Å². The summed E-state index contributed by atoms with van der Waals surface area (Å²) in [4.78, 5) is 50.4. The third-order valence-electron chi connectivity index (χ3n) is 6.22. The van der Waals surface area contributed by atoms with Crippen LogP contribution in [-0.2, 0) is 9.59 Å². The molecule has 0 aliphatic carbocycles. The van der Waals surface area contributed by atoms with E-state index in [-0.39, 0.29) is 24.7 Å². The molecule has 0 bridgehead atoms. The summed E-state index contributed by atoms with van der Waals surface area (Å²) in [7, 11) is 0. The molecule has 0 saturated carbocycles. The molecule has 2 aliphatic rings. The van der Waals surface area contributed by atoms with Crippen molar-refractivity contribution >= 4 is 45.1 Å². The normalized spacial score (nSPS) is 18.1. The van der Waals surface area contributed by atoms with Gasteiger partial charge in [0, 0.05) is 46.1 Å². The lowest BCUT2D eigenvalue weighted by Gasteiger charge is -2.30. The Kier molecular flexibility index (Phi) is 5.33. The summed E-state index contributed by atoms with van der Waals surface area (Å²) in [5, 5.41) is 15.7. The predicted octanol–water partition coefficient (Wildman–Crippen LogP) is 2.98. The number of aliphatic hydroxyl groups excluding tert-OH is 1. The molecule has 1 fully saturated rings. The van der Waals surface area contributed by atoms with Gasteiger partial charge in [-0.3, -0.25) is 34.6 Å². The van der Waals surface area contributed by atoms with Crippen LogP contribution in [0.5, 0.6) is 0 Å². The number of nitrogens with one attached hydrogen (secondary N) is 2. The summed E-state index contributed by atoms with van der Waals surface area (Å²) >= 11 is 0. The molecule has 4 aromatic rings. The van der Waals surface area contributed by atoms with E-state index in [1.54, 1.807) is 30.7 Å². The number of aliphatic hydroxyl groups is 1. The van der Waals surface area contributed by atoms with Gasteiger partial charge < -0.3 is 10.1 Å². The number of piperidine rings is 1. The minimum Gasteiger partial charge on any atom is -0.382 e. The number of rotatable bonds is 3. The van der Waals surface area contributed by atoms with E-state index in [1.807, 2.05) is 26.0 Å². The first-order valence-electron chi connectivity index (χ1n) is 11.2. The fraction of sp³-hybridized carbons (Fsp3) is 0.240. The molecular weight excluding hydrogens is 434 g/mol. The molecule has 9 heteroatoms. The van der Waals surface area contributed by atoms with Crippen LogP contribution in [0.1, 0.15) is 54.4 Å². The molecule has 2 unspecified atom stereocenters. The standard InChI is InChI=1S/C23H17N5O4.C2H6/c29-18-5-4-16(22(31)27-18)28-17-10-26-20(12-2-1-3-13(19(12)17)23(28)32)21(30)14-8-25-15-9-24-7-6-11(14)15;1-2/h1-3,6-10,16,21,25,30H,4-5H2,(H,27,29,31);1-2H3. The van der Waals surface area contributed by atoms with Gasteiger partial charge >= 0.3 is 0 Å². The van der Waals surface area contributed by atoms with E-state index < -0.39 is 18.1 Å². The Morgan fingerprint density at radius 1 is 1.12 bits per heavy atom. The van der Waals surface area contributed by atoms with E-state index in [0.717, 1.165) is 10.9 Å². The van der Waals surface area contributed by atoms with Crippen molar-refractivity contribution in [3.63, 3.8) is 0 Å². The number of benzene rings is 1. The molecule has 2 atom stereocenters. The average Bonchev–Trinajstić information content (AvgIpc) is 3.41. The van der Waals surface area contributed by atoms with Gasteiger partial charge in [-0.1, -0.05) is 26.0 Å². The molecule has 9 nitrogen and oxygen atoms in total. The lowest BCUT2D eigenvalue weighted by Crippen LogP contribution is -2.53. The molecule has 3 aromatic heterocycles. The molecule has 0 radical (unpaired) electrons. The highest BCUT2D eigenvalue weighted by atomic mass is 16.3. The third-order valence-corrected chi connectivity index (χ3v) is 6.22. The number of amides is 3. The second-order valence-electron chi connectivity index (χ2n) is 7.97. The van der Waals surface area contributed by atoms with Gasteiger partial charge in [-0.15, -0.1) is 0 Å². The maximum absolute atomic E-state index is 13.2. The summed E-state index contributed by atoms with van der Waals surface area (Å²) in [5.74, 6) is -1.15. The number of anilines is 1. The Hall–Kier alpha value is -4.11. The highest BCUT2D eigenvalue weighted by molar-refractivity contribution is 6.27. The van der Waals surface area contributed by atoms with E-state index in [1.165, 1.54) is 11.1 Å². The van der Waals surface area contributed by atoms with Crippen LogP contribution in [0.4, 0.5) is 5.69 Å². The van der Waals surface area contributed by atoms with Crippen LogP contribution in [0, 0.1) is 0 Å². The predicted molar refractivity (Wildman–Crippen MR) is 126 cm³/mol. The largest absolute Gasteiger partial charge is 0.382 e. The average molecular weight is 457 g/mol. The van der Waals surface area contributed by atoms with Crippen molar-refractivity contribution in [1.29, 1.82) is 0 Å². The highest BCUT2D eigenvalue weighted by Gasteiger charge is 2.41. The minimum atomic E-state index is -1.03. The number of fused-ring (bicyclic) bond motifs is 1. The third kappa shape index (κ3) is 3.16. The van der Waals surface area contributed by atoms with Crippen LogP contribution in [-0.4, -0.2) is 43.8 Å². The summed E-state index contributed by atoms with van der Waals surface area (Å²) in [6.07, 6.45) is 5.97. The maximum Gasteiger partial charge on any atom is 0.259 e. The van der Waals surface area contributed by atoms with Gasteiger partial charge in [0.05, 0.1) is 29.3 Å². The van der Waals surface area contributed by atoms with Crippen LogP contribution < -0.4 is 10.2 Å². The molecule has 2 aliphatic heterocycles. The van der Waals surface area contributed by atoms with Crippen molar-refractivity contribution in [1.82, 2.24) is 20.3 Å². The number of H-pyrrole nitrogens is 1. The van der Waals surface area contributed by atoms with Crippen LogP contribution in [0.15, 0.2) is 49.1 Å². The first kappa shape index (κ1) is 21.7. The number of aromatic amines is 1. The fourth-order valence-electron chi connectivity index (χ4n) is 4.73. The molecule has 1 aromatic carbocycles. The van der Waals surface area contributed by atoms with Gasteiger partial charge in [-0.25, -0.2) is 0 Å². The first-order valence-corrected chi connectivity index (χ1v) is 11.2. The Bertz CT molecular complexity index is 1460. The lowest BCUT2D eigenvalue weighted by atomic mass is 9.98. The van der Waals surface area contributed by atoms with Crippen LogP contribution in [0.25, 0.3) is 21.7 Å². The van der Waals surface area contributed by atoms with Gasteiger partial charge in [0.25, 0.3) is 5.91 Å². The molecule has 3 amide bonds. The lowest BCUT2D eigenvalue weighted by molar-refractivity contribution is -0.134. The zero-order valence-electron chi connectivity index (χ0n) is 18.7. The molecule has 5 heterocycles. The van der Waals surface area contributed by atoms with E-state index >= 15 is 0 Å². The van der Waals surface area contributed by atoms with Gasteiger partial charge in [0.15, 0.2) is 0 Å². The number of pyridine rings is 2. The van der Waals surface area contributed by atoms with Crippen molar-refractivity contribution in [2.45, 2.75) is 38.8 Å². The number of imide groups is 1. The van der Waals surface area contributed by atoms with Crippen molar-refractivity contribution < 1.29 is 19.5 Å². The first-order chi connectivity index (χ1) is 16.5. The number of aromatic nitrogens is 3. The molecule has 6 rings (SSSR count). The SMILES string of the molecule is CC.O=C1CCC(N2C(=O)c3cccc4c(C(O)c5c[nH]c6cnccc56)ncc2c34)C(=O)N1.